The van der Waals surface area contributed by atoms with Gasteiger partial charge < -0.3 is 5.73 Å². The minimum Gasteiger partial charge on any atom is -0.398 e. The normalized spacial score (nSPS) is 16.4. The van der Waals surface area contributed by atoms with Crippen molar-refractivity contribution in [2.45, 2.75) is 19.3 Å². The van der Waals surface area contributed by atoms with Gasteiger partial charge in [0.05, 0.1) is 0 Å². The lowest BCUT2D eigenvalue weighted by Gasteiger charge is -2.24. The Morgan fingerprint density at radius 3 is 2.64 bits per heavy atom. The summed E-state index contributed by atoms with van der Waals surface area (Å²) in [4.78, 5) is 11.8. The molecule has 0 unspecified atom stereocenters. The first kappa shape index (κ1) is 9.19. The zero-order chi connectivity index (χ0) is 10.1. The van der Waals surface area contributed by atoms with Crippen molar-refractivity contribution in [2.24, 2.45) is 5.92 Å². The van der Waals surface area contributed by atoms with Crippen molar-refractivity contribution in [1.82, 2.24) is 0 Å². The van der Waals surface area contributed by atoms with Crippen LogP contribution in [0.15, 0.2) is 18.2 Å². The van der Waals surface area contributed by atoms with Crippen LogP contribution in [0.1, 0.15) is 29.6 Å². The fraction of sp³-hybridized carbons (Fsp3) is 0.364. The molecule has 2 nitrogen and oxygen atoms in total. The third-order valence-corrected chi connectivity index (χ3v) is 2.76. The number of hydrogen-bond donors (Lipinski definition) is 1. The molecule has 0 bridgehead atoms. The summed E-state index contributed by atoms with van der Waals surface area (Å²) in [6.07, 6.45) is 2.99. The van der Waals surface area contributed by atoms with Gasteiger partial charge in [0.25, 0.3) is 0 Å². The number of benzene rings is 1. The summed E-state index contributed by atoms with van der Waals surface area (Å²) in [5.74, 6) is -0.218. The number of Topliss-reactive ketones (excluding diaryl/α,β-unsaturated/α-hetero) is 1. The lowest BCUT2D eigenvalue weighted by Crippen LogP contribution is -2.22. The molecule has 0 saturated heterocycles. The zero-order valence-electron chi connectivity index (χ0n) is 7.79. The molecule has 1 aliphatic rings. The first-order valence-corrected chi connectivity index (χ1v) is 4.77. The van der Waals surface area contributed by atoms with Gasteiger partial charge in [-0.05, 0) is 31.0 Å². The highest BCUT2D eigenvalue weighted by Crippen LogP contribution is 2.31. The second-order valence-electron chi connectivity index (χ2n) is 3.72. The van der Waals surface area contributed by atoms with Crippen LogP contribution in [0.25, 0.3) is 0 Å². The zero-order valence-corrected chi connectivity index (χ0v) is 7.79. The van der Waals surface area contributed by atoms with Crippen LogP contribution in [-0.2, 0) is 0 Å². The van der Waals surface area contributed by atoms with Crippen molar-refractivity contribution in [3.05, 3.63) is 29.6 Å². The van der Waals surface area contributed by atoms with Crippen molar-refractivity contribution in [1.29, 1.82) is 0 Å². The predicted molar refractivity (Wildman–Crippen MR) is 52.5 cm³/mol. The van der Waals surface area contributed by atoms with E-state index >= 15 is 0 Å². The molecule has 0 aromatic heterocycles. The van der Waals surface area contributed by atoms with E-state index in [1.165, 1.54) is 18.2 Å². The van der Waals surface area contributed by atoms with Gasteiger partial charge in [-0.3, -0.25) is 4.79 Å². The lowest BCUT2D eigenvalue weighted by molar-refractivity contribution is 0.0856. The van der Waals surface area contributed by atoms with Gasteiger partial charge in [0.2, 0.25) is 0 Å². The van der Waals surface area contributed by atoms with Crippen molar-refractivity contribution < 1.29 is 9.18 Å². The summed E-state index contributed by atoms with van der Waals surface area (Å²) in [6, 6.07) is 3.96. The van der Waals surface area contributed by atoms with E-state index in [9.17, 15) is 9.18 Å². The minimum atomic E-state index is -0.396. The number of nitrogens with two attached hydrogens (primary N) is 1. The molecule has 2 N–H and O–H groups in total. The van der Waals surface area contributed by atoms with Gasteiger partial charge in [0.1, 0.15) is 5.82 Å². The Kier molecular flexibility index (Phi) is 2.23. The Bertz CT molecular complexity index is 372. The summed E-state index contributed by atoms with van der Waals surface area (Å²) in [6.45, 7) is 0. The summed E-state index contributed by atoms with van der Waals surface area (Å²) >= 11 is 0. The van der Waals surface area contributed by atoms with Crippen LogP contribution >= 0.6 is 0 Å². The van der Waals surface area contributed by atoms with Crippen LogP contribution in [0, 0.1) is 11.7 Å². The number of anilines is 1. The first-order valence-electron chi connectivity index (χ1n) is 4.77. The molecule has 0 spiro atoms. The van der Waals surface area contributed by atoms with Gasteiger partial charge in [0.15, 0.2) is 5.78 Å². The van der Waals surface area contributed by atoms with Crippen LogP contribution in [-0.4, -0.2) is 5.78 Å². The van der Waals surface area contributed by atoms with E-state index in [4.69, 9.17) is 5.73 Å². The monoisotopic (exact) mass is 193 g/mol. The number of halogens is 1. The SMILES string of the molecule is Nc1cc(F)ccc1C(=O)C1CCC1. The van der Waals surface area contributed by atoms with E-state index in [-0.39, 0.29) is 17.4 Å². The molecule has 2 rings (SSSR count). The molecule has 0 heterocycles. The minimum absolute atomic E-state index is 0.0637. The molecule has 14 heavy (non-hydrogen) atoms. The molecule has 0 aliphatic heterocycles. The third-order valence-electron chi connectivity index (χ3n) is 2.76. The smallest absolute Gasteiger partial charge is 0.168 e. The number of carbonyl (C=O) groups excluding carboxylic acids is 1. The average Bonchev–Trinajstić information content (AvgIpc) is 2.00. The van der Waals surface area contributed by atoms with E-state index in [0.29, 0.717) is 5.56 Å². The van der Waals surface area contributed by atoms with Crippen LogP contribution in [0.5, 0.6) is 0 Å². The summed E-state index contributed by atoms with van der Waals surface area (Å²) < 4.78 is 12.7. The topological polar surface area (TPSA) is 43.1 Å². The van der Waals surface area contributed by atoms with E-state index in [2.05, 4.69) is 0 Å². The average molecular weight is 193 g/mol. The molecular weight excluding hydrogens is 181 g/mol. The second-order valence-corrected chi connectivity index (χ2v) is 3.72. The maximum Gasteiger partial charge on any atom is 0.168 e. The highest BCUT2D eigenvalue weighted by atomic mass is 19.1. The summed E-state index contributed by atoms with van der Waals surface area (Å²) in [5, 5.41) is 0. The molecule has 1 aromatic rings. The summed E-state index contributed by atoms with van der Waals surface area (Å²) in [7, 11) is 0. The standard InChI is InChI=1S/C11H12FNO/c12-8-4-5-9(10(13)6-8)11(14)7-2-1-3-7/h4-7H,1-3,13H2. The fourth-order valence-corrected chi connectivity index (χ4v) is 1.65. The summed E-state index contributed by atoms with van der Waals surface area (Å²) in [5.41, 5.74) is 6.30. The van der Waals surface area contributed by atoms with Crippen molar-refractivity contribution >= 4 is 11.5 Å². The lowest BCUT2D eigenvalue weighted by atomic mass is 9.79. The van der Waals surface area contributed by atoms with Crippen molar-refractivity contribution in [3.63, 3.8) is 0 Å². The Morgan fingerprint density at radius 2 is 2.14 bits per heavy atom. The molecule has 1 aromatic carbocycles. The first-order chi connectivity index (χ1) is 6.68. The largest absolute Gasteiger partial charge is 0.398 e. The van der Waals surface area contributed by atoms with Gasteiger partial charge in [0, 0.05) is 17.2 Å². The van der Waals surface area contributed by atoms with Gasteiger partial charge in [-0.2, -0.15) is 0 Å². The van der Waals surface area contributed by atoms with Gasteiger partial charge in [-0.25, -0.2) is 4.39 Å². The Labute approximate surface area is 81.9 Å². The molecule has 0 atom stereocenters. The van der Waals surface area contributed by atoms with Crippen molar-refractivity contribution in [3.8, 4) is 0 Å². The van der Waals surface area contributed by atoms with Crippen LogP contribution in [0.2, 0.25) is 0 Å². The third kappa shape index (κ3) is 1.50. The molecule has 1 saturated carbocycles. The van der Waals surface area contributed by atoms with E-state index < -0.39 is 5.82 Å². The number of nitrogen functional groups attached to an aromatic ring is 1. The Morgan fingerprint density at radius 1 is 1.43 bits per heavy atom. The maximum absolute atomic E-state index is 12.7. The number of carbonyl (C=O) groups is 1. The van der Waals surface area contributed by atoms with Crippen LogP contribution in [0.4, 0.5) is 10.1 Å². The molecular formula is C11H12FNO. The van der Waals surface area contributed by atoms with Crippen LogP contribution in [0.3, 0.4) is 0 Å². The van der Waals surface area contributed by atoms with Crippen LogP contribution < -0.4 is 5.73 Å². The Balaban J connectivity index is 2.26. The molecule has 1 fully saturated rings. The quantitative estimate of drug-likeness (QED) is 0.579. The van der Waals surface area contributed by atoms with E-state index in [1.807, 2.05) is 0 Å². The predicted octanol–water partition coefficient (Wildman–Crippen LogP) is 2.39. The molecule has 74 valence electrons. The Hall–Kier alpha value is -1.38. The van der Waals surface area contributed by atoms with Gasteiger partial charge >= 0.3 is 0 Å². The highest BCUT2D eigenvalue weighted by molar-refractivity contribution is 6.02. The number of ketones is 1. The molecule has 0 radical (unpaired) electrons. The molecule has 3 heteroatoms. The number of rotatable bonds is 2. The maximum atomic E-state index is 12.7. The number of hydrogen-bond acceptors (Lipinski definition) is 2. The molecule has 1 aliphatic carbocycles. The fourth-order valence-electron chi connectivity index (χ4n) is 1.65. The molecule has 0 amide bonds. The van der Waals surface area contributed by atoms with Crippen molar-refractivity contribution in [2.75, 3.05) is 5.73 Å². The van der Waals surface area contributed by atoms with E-state index in [0.717, 1.165) is 19.3 Å². The highest BCUT2D eigenvalue weighted by Gasteiger charge is 2.27. The van der Waals surface area contributed by atoms with Gasteiger partial charge in [-0.15, -0.1) is 0 Å². The van der Waals surface area contributed by atoms with E-state index in [1.54, 1.807) is 0 Å². The van der Waals surface area contributed by atoms with Gasteiger partial charge in [-0.1, -0.05) is 6.42 Å². The second kappa shape index (κ2) is 3.40.